The molecular formula is C74H52N6. The molecule has 2 heterocycles. The average molecular weight is 1030 g/mol. The summed E-state index contributed by atoms with van der Waals surface area (Å²) in [4.78, 5) is 9.00. The van der Waals surface area contributed by atoms with E-state index in [4.69, 9.17) is 6.57 Å². The van der Waals surface area contributed by atoms with Gasteiger partial charge in [-0.25, -0.2) is 4.85 Å². The van der Waals surface area contributed by atoms with Crippen molar-refractivity contribution in [3.63, 3.8) is 0 Å². The lowest BCUT2D eigenvalue weighted by Crippen LogP contribution is -2.15. The summed E-state index contributed by atoms with van der Waals surface area (Å²) in [6.07, 6.45) is 0. The number of nitrogens with zero attached hydrogens (tertiary/aromatic N) is 6. The minimum Gasteiger partial charge on any atom is -0.319 e. The molecule has 11 aromatic carbocycles. The zero-order valence-corrected chi connectivity index (χ0v) is 44.8. The minimum absolute atomic E-state index is 0.278. The first-order valence-corrected chi connectivity index (χ1v) is 27.3. The van der Waals surface area contributed by atoms with Gasteiger partial charge in [0.05, 0.1) is 45.6 Å². The molecule has 6 nitrogen and oxygen atoms in total. The normalized spacial score (nSPS) is 13.4. The predicted molar refractivity (Wildman–Crippen MR) is 331 cm³/mol. The van der Waals surface area contributed by atoms with Gasteiger partial charge in [0.25, 0.3) is 0 Å². The molecule has 0 spiro atoms. The minimum atomic E-state index is -0.278. The number of aromatic nitrogens is 2. The molecule has 0 atom stereocenters. The van der Waals surface area contributed by atoms with E-state index in [9.17, 15) is 5.26 Å². The van der Waals surface area contributed by atoms with Crippen molar-refractivity contribution in [1.29, 1.82) is 5.26 Å². The van der Waals surface area contributed by atoms with E-state index in [1.54, 1.807) is 0 Å². The summed E-state index contributed by atoms with van der Waals surface area (Å²) in [5, 5.41) is 15.9. The van der Waals surface area contributed by atoms with Gasteiger partial charge in [-0.2, -0.15) is 5.26 Å². The van der Waals surface area contributed by atoms with Crippen molar-refractivity contribution in [3.05, 3.63) is 282 Å². The molecule has 2 aliphatic rings. The predicted octanol–water partition coefficient (Wildman–Crippen LogP) is 19.9. The van der Waals surface area contributed by atoms with Gasteiger partial charge in [0.2, 0.25) is 5.69 Å². The van der Waals surface area contributed by atoms with Crippen molar-refractivity contribution >= 4 is 83.4 Å². The smallest absolute Gasteiger partial charge is 0.212 e. The number of anilines is 6. The second-order valence-corrected chi connectivity index (χ2v) is 22.3. The molecule has 80 heavy (non-hydrogen) atoms. The van der Waals surface area contributed by atoms with Crippen LogP contribution in [0.4, 0.5) is 39.8 Å². The van der Waals surface area contributed by atoms with Crippen LogP contribution in [0.25, 0.3) is 82.1 Å². The first-order valence-electron chi connectivity index (χ1n) is 27.3. The SMILES string of the molecule is [C-]#[N+]c1cc(-n2c3ccc(N(c4ccccc4)c4ccccc4)cc3c3cc4c(cc32)C(C)(C)c2ccccc2-4)c(C#N)cc1-n1c2ccc(N(c3ccccc3)c3ccccc3)cc2c2cc3c(cc21)C(C)(C)c1ccccc1-3. The third-order valence-electron chi connectivity index (χ3n) is 17.3. The van der Waals surface area contributed by atoms with Crippen molar-refractivity contribution in [2.24, 2.45) is 0 Å². The molecule has 6 heteroatoms. The second-order valence-electron chi connectivity index (χ2n) is 22.3. The summed E-state index contributed by atoms with van der Waals surface area (Å²) in [5.41, 5.74) is 21.7. The van der Waals surface area contributed by atoms with E-state index in [1.807, 2.05) is 24.3 Å². The maximum atomic E-state index is 11.6. The molecule has 0 fully saturated rings. The van der Waals surface area contributed by atoms with E-state index in [2.05, 4.69) is 276 Å². The number of hydrogen-bond acceptors (Lipinski definition) is 3. The van der Waals surface area contributed by atoms with E-state index < -0.39 is 0 Å². The van der Waals surface area contributed by atoms with Crippen LogP contribution in [0, 0.1) is 17.9 Å². The number of fused-ring (bicyclic) bond motifs is 12. The summed E-state index contributed by atoms with van der Waals surface area (Å²) < 4.78 is 4.49. The first-order chi connectivity index (χ1) is 39.1. The molecule has 0 aliphatic heterocycles. The maximum absolute atomic E-state index is 11.6. The van der Waals surface area contributed by atoms with Crippen molar-refractivity contribution in [2.45, 2.75) is 38.5 Å². The van der Waals surface area contributed by atoms with Gasteiger partial charge in [-0.3, -0.25) is 0 Å². The molecule has 0 saturated carbocycles. The Morgan fingerprint density at radius 2 is 0.738 bits per heavy atom. The van der Waals surface area contributed by atoms with Crippen molar-refractivity contribution < 1.29 is 0 Å². The van der Waals surface area contributed by atoms with Crippen LogP contribution in [0.1, 0.15) is 55.5 Å². The monoisotopic (exact) mass is 1020 g/mol. The average Bonchev–Trinajstić information content (AvgIpc) is 4.21. The Morgan fingerprint density at radius 1 is 0.362 bits per heavy atom. The number of para-hydroxylation sites is 4. The summed E-state index contributed by atoms with van der Waals surface area (Å²) >= 11 is 0. The van der Waals surface area contributed by atoms with Gasteiger partial charge in [-0.15, -0.1) is 0 Å². The number of rotatable bonds is 8. The molecule has 0 unspecified atom stereocenters. The quantitative estimate of drug-likeness (QED) is 0.143. The van der Waals surface area contributed by atoms with Crippen LogP contribution in [-0.4, -0.2) is 9.13 Å². The highest BCUT2D eigenvalue weighted by atomic mass is 15.1. The Bertz CT molecular complexity index is 4400. The highest BCUT2D eigenvalue weighted by Crippen LogP contribution is 2.54. The fourth-order valence-corrected chi connectivity index (χ4v) is 13.5. The van der Waals surface area contributed by atoms with E-state index in [0.717, 1.165) is 77.7 Å². The lowest BCUT2D eigenvalue weighted by atomic mass is 9.82. The number of hydrogen-bond donors (Lipinski definition) is 0. The van der Waals surface area contributed by atoms with Crippen LogP contribution in [0.3, 0.4) is 0 Å². The van der Waals surface area contributed by atoms with Crippen molar-refractivity contribution in [3.8, 4) is 39.7 Å². The van der Waals surface area contributed by atoms with Gasteiger partial charge in [-0.1, -0.05) is 149 Å². The molecule has 2 aliphatic carbocycles. The molecule has 0 bridgehead atoms. The fraction of sp³-hybridized carbons (Fsp3) is 0.0811. The molecule has 0 saturated heterocycles. The first kappa shape index (κ1) is 46.9. The van der Waals surface area contributed by atoms with Gasteiger partial charge in [-0.05, 0) is 166 Å². The topological polar surface area (TPSA) is 44.5 Å². The van der Waals surface area contributed by atoms with Gasteiger partial charge in [0.15, 0.2) is 0 Å². The van der Waals surface area contributed by atoms with Crippen molar-refractivity contribution in [2.75, 3.05) is 9.80 Å². The molecule has 0 N–H and O–H groups in total. The third kappa shape index (κ3) is 6.83. The summed E-state index contributed by atoms with van der Waals surface area (Å²) in [5.74, 6) is 0. The lowest BCUT2D eigenvalue weighted by Gasteiger charge is -2.25. The number of nitriles is 1. The van der Waals surface area contributed by atoms with Crippen LogP contribution in [-0.2, 0) is 10.8 Å². The molecular weight excluding hydrogens is 973 g/mol. The van der Waals surface area contributed by atoms with Crippen LogP contribution in [0.15, 0.2) is 243 Å². The van der Waals surface area contributed by atoms with Gasteiger partial charge < -0.3 is 18.9 Å². The number of benzene rings is 11. The van der Waals surface area contributed by atoms with Crippen LogP contribution >= 0.6 is 0 Å². The summed E-state index contributed by atoms with van der Waals surface area (Å²) in [7, 11) is 0. The Kier molecular flexibility index (Phi) is 10.3. The van der Waals surface area contributed by atoms with E-state index in [1.165, 1.54) is 44.5 Å². The van der Waals surface area contributed by atoms with Gasteiger partial charge >= 0.3 is 0 Å². The van der Waals surface area contributed by atoms with E-state index in [0.29, 0.717) is 22.6 Å². The Hall–Kier alpha value is -10.4. The Morgan fingerprint density at radius 3 is 1.14 bits per heavy atom. The molecule has 0 radical (unpaired) electrons. The summed E-state index contributed by atoms with van der Waals surface area (Å²) in [6, 6.07) is 88.9. The summed E-state index contributed by atoms with van der Waals surface area (Å²) in [6.45, 7) is 18.3. The lowest BCUT2D eigenvalue weighted by molar-refractivity contribution is 0.661. The zero-order valence-electron chi connectivity index (χ0n) is 44.8. The van der Waals surface area contributed by atoms with Crippen LogP contribution in [0.5, 0.6) is 0 Å². The highest BCUT2D eigenvalue weighted by molar-refractivity contribution is 6.15. The maximum Gasteiger partial charge on any atom is 0.212 e. The van der Waals surface area contributed by atoms with Gasteiger partial charge in [0.1, 0.15) is 6.07 Å². The highest BCUT2D eigenvalue weighted by Gasteiger charge is 2.38. The van der Waals surface area contributed by atoms with Crippen LogP contribution < -0.4 is 9.80 Å². The fourth-order valence-electron chi connectivity index (χ4n) is 13.5. The van der Waals surface area contributed by atoms with E-state index in [-0.39, 0.29) is 10.8 Å². The Balaban J connectivity index is 0.990. The van der Waals surface area contributed by atoms with Crippen LogP contribution in [0.2, 0.25) is 0 Å². The molecule has 13 aromatic rings. The second kappa shape index (κ2) is 17.6. The zero-order chi connectivity index (χ0) is 54.0. The van der Waals surface area contributed by atoms with E-state index >= 15 is 0 Å². The van der Waals surface area contributed by atoms with Gasteiger partial charge in [0, 0.05) is 66.5 Å². The molecule has 15 rings (SSSR count). The standard InChI is InChI=1S/C74H52N6/c1-73(2)62-32-20-18-30-54(62)56-41-60-58-39-52(77(48-22-10-6-11-23-48)49-24-12-7-13-25-49)34-36-67(58)79(70(60)43-64(56)73)69-45-66(76-5)72(38-47(69)46-75)80-68-37-35-53(78(50-26-14-8-15-27-50)51-28-16-9-17-29-51)40-59(68)61-42-57-55-31-19-21-33-63(55)74(3,4)65(57)44-71(61)80/h6-45H,1-4H3. The Labute approximate surface area is 465 Å². The molecule has 378 valence electrons. The van der Waals surface area contributed by atoms with Crippen molar-refractivity contribution in [1.82, 2.24) is 9.13 Å². The molecule has 2 aromatic heterocycles. The largest absolute Gasteiger partial charge is 0.319 e. The third-order valence-corrected chi connectivity index (χ3v) is 17.3. The molecule has 0 amide bonds.